The van der Waals surface area contributed by atoms with Gasteiger partial charge in [-0.1, -0.05) is 11.2 Å². The van der Waals surface area contributed by atoms with E-state index in [1.165, 1.54) is 0 Å². The summed E-state index contributed by atoms with van der Waals surface area (Å²) in [6.07, 6.45) is 5.69. The third kappa shape index (κ3) is 4.99. The van der Waals surface area contributed by atoms with Crippen molar-refractivity contribution in [1.29, 1.82) is 0 Å². The van der Waals surface area contributed by atoms with Crippen molar-refractivity contribution in [2.45, 2.75) is 57.0 Å². The predicted molar refractivity (Wildman–Crippen MR) is 150 cm³/mol. The van der Waals surface area contributed by atoms with Crippen LogP contribution in [0.25, 0.3) is 22.4 Å². The molecule has 4 aromatic rings. The fourth-order valence-electron chi connectivity index (χ4n) is 5.76. The molecular formula is C29H36FN7O3. The Morgan fingerprint density at radius 2 is 2.15 bits per heavy atom. The Labute approximate surface area is 232 Å². The lowest BCUT2D eigenvalue weighted by molar-refractivity contribution is 0.0945. The number of nitrogens with one attached hydrogen (secondary N) is 2. The van der Waals surface area contributed by atoms with Gasteiger partial charge in [0, 0.05) is 50.2 Å². The van der Waals surface area contributed by atoms with Crippen molar-refractivity contribution in [2.24, 2.45) is 0 Å². The van der Waals surface area contributed by atoms with Crippen molar-refractivity contribution >= 4 is 22.5 Å². The van der Waals surface area contributed by atoms with Gasteiger partial charge < -0.3 is 33.9 Å². The number of alkyl halides is 1. The molecule has 1 saturated carbocycles. The van der Waals surface area contributed by atoms with Crippen molar-refractivity contribution < 1.29 is 18.4 Å². The number of rotatable bonds is 10. The molecule has 1 aliphatic heterocycles. The first-order valence-electron chi connectivity index (χ1n) is 13.9. The third-order valence-corrected chi connectivity index (χ3v) is 8.19. The molecule has 1 aliphatic carbocycles. The van der Waals surface area contributed by atoms with Gasteiger partial charge in [-0.2, -0.15) is 4.98 Å². The maximum Gasteiger partial charge on any atom is 0.253 e. The standard InChI is InChI=1S/C29H36FN7O3/c1-4-37-24-7-5-6-22(32-23-9-12-35(2)17-21(23)30)20(24)14-25(37)27-33-26(40-34-27)15-31-28(38)19-8-13-36(16-19)29(10-11-29)18-39-3/h5-8,13-14,16,21,23,32H,4,9-12,15,17-18H2,1-3H3,(H,31,38)/t21-,23+/m0/s1. The first kappa shape index (κ1) is 26.5. The number of hydrogen-bond donors (Lipinski definition) is 2. The minimum Gasteiger partial charge on any atom is -0.382 e. The van der Waals surface area contributed by atoms with Crippen LogP contribution in [0.3, 0.4) is 0 Å². The van der Waals surface area contributed by atoms with E-state index < -0.39 is 6.17 Å². The van der Waals surface area contributed by atoms with E-state index in [4.69, 9.17) is 9.26 Å². The molecule has 2 atom stereocenters. The molecule has 2 aliphatic rings. The molecule has 0 spiro atoms. The Morgan fingerprint density at radius 3 is 2.90 bits per heavy atom. The van der Waals surface area contributed by atoms with Crippen molar-refractivity contribution in [2.75, 3.05) is 39.2 Å². The van der Waals surface area contributed by atoms with Crippen molar-refractivity contribution in [3.05, 3.63) is 54.2 Å². The molecule has 0 unspecified atom stereocenters. The first-order chi connectivity index (χ1) is 19.4. The summed E-state index contributed by atoms with van der Waals surface area (Å²) in [6.45, 7) is 4.80. The number of hydrogen-bond acceptors (Lipinski definition) is 7. The van der Waals surface area contributed by atoms with Gasteiger partial charge in [0.2, 0.25) is 11.7 Å². The Kier molecular flexibility index (Phi) is 7.09. The number of aryl methyl sites for hydroxylation is 1. The van der Waals surface area contributed by atoms with Crippen LogP contribution in [0.5, 0.6) is 0 Å². The number of carbonyl (C=O) groups excluding carboxylic acids is 1. The van der Waals surface area contributed by atoms with Crippen molar-refractivity contribution in [3.63, 3.8) is 0 Å². The van der Waals surface area contributed by atoms with Gasteiger partial charge in [-0.05, 0) is 57.5 Å². The number of halogens is 1. The molecule has 6 rings (SSSR count). The van der Waals surface area contributed by atoms with Crippen LogP contribution in [-0.4, -0.2) is 76.1 Å². The summed E-state index contributed by atoms with van der Waals surface area (Å²) >= 11 is 0. The minimum atomic E-state index is -0.935. The molecule has 0 bridgehead atoms. The summed E-state index contributed by atoms with van der Waals surface area (Å²) in [4.78, 5) is 19.4. The average molecular weight is 550 g/mol. The Balaban J connectivity index is 1.17. The summed E-state index contributed by atoms with van der Waals surface area (Å²) in [6, 6.07) is 9.61. The number of carbonyl (C=O) groups is 1. The molecule has 10 nitrogen and oxygen atoms in total. The number of ether oxygens (including phenoxy) is 1. The normalized spacial score (nSPS) is 20.6. The summed E-state index contributed by atoms with van der Waals surface area (Å²) in [7, 11) is 3.65. The summed E-state index contributed by atoms with van der Waals surface area (Å²) in [5.74, 6) is 0.557. The predicted octanol–water partition coefficient (Wildman–Crippen LogP) is 4.03. The molecule has 0 radical (unpaired) electrons. The lowest BCUT2D eigenvalue weighted by Gasteiger charge is -2.33. The summed E-state index contributed by atoms with van der Waals surface area (Å²) in [5, 5.41) is 11.5. The molecule has 3 aromatic heterocycles. The number of benzene rings is 1. The number of methoxy groups -OCH3 is 1. The van der Waals surface area contributed by atoms with Gasteiger partial charge in [0.05, 0.1) is 41.5 Å². The highest BCUT2D eigenvalue weighted by atomic mass is 19.1. The Bertz CT molecular complexity index is 1500. The maximum atomic E-state index is 14.7. The number of fused-ring (bicyclic) bond motifs is 1. The average Bonchev–Trinajstić information content (AvgIpc) is 3.31. The number of anilines is 1. The largest absolute Gasteiger partial charge is 0.382 e. The van der Waals surface area contributed by atoms with Crippen LogP contribution in [0.1, 0.15) is 42.4 Å². The highest BCUT2D eigenvalue weighted by Crippen LogP contribution is 2.43. The van der Waals surface area contributed by atoms with Crippen LogP contribution >= 0.6 is 0 Å². The number of amides is 1. The van der Waals surface area contributed by atoms with Gasteiger partial charge in [0.1, 0.15) is 6.17 Å². The number of nitrogens with zero attached hydrogens (tertiary/aromatic N) is 5. The van der Waals surface area contributed by atoms with E-state index in [1.54, 1.807) is 7.11 Å². The van der Waals surface area contributed by atoms with E-state index in [0.29, 0.717) is 37.0 Å². The third-order valence-electron chi connectivity index (χ3n) is 8.19. The van der Waals surface area contributed by atoms with Crippen molar-refractivity contribution in [3.8, 4) is 11.5 Å². The highest BCUT2D eigenvalue weighted by molar-refractivity contribution is 5.96. The second-order valence-corrected chi connectivity index (χ2v) is 11.0. The van der Waals surface area contributed by atoms with E-state index >= 15 is 0 Å². The number of likely N-dealkylation sites (tertiary alicyclic amines) is 1. The molecule has 1 aromatic carbocycles. The van der Waals surface area contributed by atoms with E-state index in [2.05, 4.69) is 36.8 Å². The van der Waals surface area contributed by atoms with Crippen LogP contribution in [0, 0.1) is 0 Å². The molecule has 1 amide bonds. The lowest BCUT2D eigenvalue weighted by atomic mass is 10.0. The maximum absolute atomic E-state index is 14.7. The zero-order valence-corrected chi connectivity index (χ0v) is 23.2. The molecule has 1 saturated heterocycles. The van der Waals surface area contributed by atoms with Crippen LogP contribution in [-0.2, 0) is 23.4 Å². The second-order valence-electron chi connectivity index (χ2n) is 11.0. The van der Waals surface area contributed by atoms with Crippen LogP contribution < -0.4 is 10.6 Å². The fourth-order valence-corrected chi connectivity index (χ4v) is 5.76. The molecular weight excluding hydrogens is 513 g/mol. The quantitative estimate of drug-likeness (QED) is 0.308. The van der Waals surface area contributed by atoms with Crippen LogP contribution in [0.4, 0.5) is 10.1 Å². The van der Waals surface area contributed by atoms with Crippen molar-refractivity contribution in [1.82, 2.24) is 29.5 Å². The van der Waals surface area contributed by atoms with Gasteiger partial charge in [-0.15, -0.1) is 0 Å². The molecule has 40 heavy (non-hydrogen) atoms. The van der Waals surface area contributed by atoms with Gasteiger partial charge >= 0.3 is 0 Å². The minimum absolute atomic E-state index is 0.0253. The Hall–Kier alpha value is -3.70. The SMILES string of the molecule is CCn1c(-c2noc(CNC(=O)c3ccn(C4(COC)CC4)c3)n2)cc2c(N[C@@H]3CCN(C)C[C@@H]3F)cccc21. The highest BCUT2D eigenvalue weighted by Gasteiger charge is 2.44. The Morgan fingerprint density at radius 1 is 1.30 bits per heavy atom. The van der Waals surface area contributed by atoms with Crippen LogP contribution in [0.2, 0.25) is 0 Å². The van der Waals surface area contributed by atoms with Gasteiger partial charge in [0.15, 0.2) is 0 Å². The molecule has 212 valence electrons. The molecule has 4 heterocycles. The van der Waals surface area contributed by atoms with Gasteiger partial charge in [-0.25, -0.2) is 4.39 Å². The van der Waals surface area contributed by atoms with Gasteiger partial charge in [0.25, 0.3) is 5.91 Å². The number of piperidine rings is 1. The summed E-state index contributed by atoms with van der Waals surface area (Å²) in [5.41, 5.74) is 3.26. The van der Waals surface area contributed by atoms with E-state index in [1.807, 2.05) is 54.7 Å². The zero-order valence-electron chi connectivity index (χ0n) is 23.2. The van der Waals surface area contributed by atoms with E-state index in [0.717, 1.165) is 48.1 Å². The van der Waals surface area contributed by atoms with Crippen LogP contribution in [0.15, 0.2) is 47.2 Å². The fraction of sp³-hybridized carbons (Fsp3) is 0.483. The second kappa shape index (κ2) is 10.7. The number of aromatic nitrogens is 4. The smallest absolute Gasteiger partial charge is 0.253 e. The molecule has 2 N–H and O–H groups in total. The molecule has 11 heteroatoms. The van der Waals surface area contributed by atoms with Gasteiger partial charge in [-0.3, -0.25) is 4.79 Å². The lowest BCUT2D eigenvalue weighted by Crippen LogP contribution is -2.46. The summed E-state index contributed by atoms with van der Waals surface area (Å²) < 4.78 is 29.8. The van der Waals surface area contributed by atoms with E-state index in [-0.39, 0.29) is 24.0 Å². The topological polar surface area (TPSA) is 102 Å². The molecule has 2 fully saturated rings. The monoisotopic (exact) mass is 549 g/mol. The van der Waals surface area contributed by atoms with E-state index in [9.17, 15) is 9.18 Å². The zero-order chi connectivity index (χ0) is 27.9. The first-order valence-corrected chi connectivity index (χ1v) is 13.9.